The van der Waals surface area contributed by atoms with Gasteiger partial charge in [-0.25, -0.2) is 8.42 Å². The Hall–Kier alpha value is -3.35. The first kappa shape index (κ1) is 22.3. The first-order valence-electron chi connectivity index (χ1n) is 8.82. The number of carbonyl (C=O) groups is 1. The Labute approximate surface area is 182 Å². The van der Waals surface area contributed by atoms with Crippen LogP contribution < -0.4 is 10.0 Å². The van der Waals surface area contributed by atoms with E-state index in [4.69, 9.17) is 6.42 Å². The monoisotopic (exact) mass is 458 g/mol. The van der Waals surface area contributed by atoms with Gasteiger partial charge in [0, 0.05) is 27.4 Å². The Morgan fingerprint density at radius 3 is 2.35 bits per heavy atom. The third kappa shape index (κ3) is 6.07. The van der Waals surface area contributed by atoms with Gasteiger partial charge in [0.25, 0.3) is 21.7 Å². The number of hydrogen-bond acceptors (Lipinski definition) is 4. The molecule has 3 aromatic rings. The van der Waals surface area contributed by atoms with E-state index in [0.29, 0.717) is 27.9 Å². The molecule has 0 bridgehead atoms. The van der Waals surface area contributed by atoms with Crippen LogP contribution >= 0.6 is 11.8 Å². The van der Waals surface area contributed by atoms with Crippen molar-refractivity contribution in [3.8, 4) is 12.3 Å². The van der Waals surface area contributed by atoms with Crippen molar-refractivity contribution in [3.63, 3.8) is 0 Å². The highest BCUT2D eigenvalue weighted by Gasteiger charge is 2.17. The van der Waals surface area contributed by atoms with Crippen LogP contribution in [-0.4, -0.2) is 20.1 Å². The first-order valence-corrected chi connectivity index (χ1v) is 11.2. The highest BCUT2D eigenvalue weighted by atomic mass is 32.2. The van der Waals surface area contributed by atoms with Crippen molar-refractivity contribution in [2.45, 2.75) is 15.5 Å². The predicted octanol–water partition coefficient (Wildman–Crippen LogP) is 5.04. The van der Waals surface area contributed by atoms with Gasteiger partial charge in [-0.2, -0.15) is 8.78 Å². The van der Waals surface area contributed by atoms with E-state index in [1.807, 2.05) is 0 Å². The number of anilines is 2. The molecule has 3 rings (SSSR count). The van der Waals surface area contributed by atoms with Gasteiger partial charge in [-0.15, -0.1) is 6.42 Å². The van der Waals surface area contributed by atoms with Gasteiger partial charge in [0.05, 0.1) is 4.90 Å². The minimum absolute atomic E-state index is 0.122. The lowest BCUT2D eigenvalue weighted by molar-refractivity contribution is 0.102. The molecule has 0 heterocycles. The SMILES string of the molecule is C#Cc1cccc(NC(=O)c2cccc(S(=O)(=O)Nc3ccc(SC(F)F)cc3)c2)c1. The lowest BCUT2D eigenvalue weighted by Crippen LogP contribution is -2.16. The summed E-state index contributed by atoms with van der Waals surface area (Å²) in [6.45, 7) is 0. The number of carbonyl (C=O) groups excluding carboxylic acids is 1. The maximum Gasteiger partial charge on any atom is 0.288 e. The molecule has 0 spiro atoms. The van der Waals surface area contributed by atoms with Crippen LogP contribution in [0.25, 0.3) is 0 Å². The first-order chi connectivity index (χ1) is 14.8. The van der Waals surface area contributed by atoms with Gasteiger partial charge in [0.2, 0.25) is 0 Å². The Balaban J connectivity index is 1.76. The van der Waals surface area contributed by atoms with E-state index in [-0.39, 0.29) is 16.1 Å². The molecular formula is C22H16F2N2O3S2. The summed E-state index contributed by atoms with van der Waals surface area (Å²) in [4.78, 5) is 12.7. The quantitative estimate of drug-likeness (QED) is 0.384. The average molecular weight is 459 g/mol. The van der Waals surface area contributed by atoms with E-state index in [2.05, 4.69) is 16.0 Å². The number of rotatable bonds is 7. The van der Waals surface area contributed by atoms with E-state index in [1.54, 1.807) is 24.3 Å². The molecule has 0 saturated heterocycles. The smallest absolute Gasteiger partial charge is 0.288 e. The molecule has 0 atom stereocenters. The summed E-state index contributed by atoms with van der Waals surface area (Å²) in [5, 5.41) is 2.67. The van der Waals surface area contributed by atoms with Crippen molar-refractivity contribution >= 4 is 39.1 Å². The molecule has 3 aromatic carbocycles. The molecule has 0 aliphatic heterocycles. The standard InChI is InChI=1S/C22H16F2N2O3S2/c1-2-15-5-3-7-18(13-15)25-21(27)16-6-4-8-20(14-16)31(28,29)26-17-9-11-19(12-10-17)30-22(23)24/h1,3-14,22,26H,(H,25,27). The van der Waals surface area contributed by atoms with E-state index in [9.17, 15) is 22.0 Å². The van der Waals surface area contributed by atoms with Crippen molar-refractivity contribution in [2.75, 3.05) is 10.0 Å². The molecule has 0 unspecified atom stereocenters. The van der Waals surface area contributed by atoms with Crippen molar-refractivity contribution < 1.29 is 22.0 Å². The van der Waals surface area contributed by atoms with Gasteiger partial charge in [-0.3, -0.25) is 9.52 Å². The summed E-state index contributed by atoms with van der Waals surface area (Å²) < 4.78 is 52.6. The lowest BCUT2D eigenvalue weighted by Gasteiger charge is -2.10. The minimum atomic E-state index is -4.00. The molecule has 2 N–H and O–H groups in total. The summed E-state index contributed by atoms with van der Waals surface area (Å²) in [7, 11) is -4.00. The fourth-order valence-electron chi connectivity index (χ4n) is 2.61. The Morgan fingerprint density at radius 2 is 1.68 bits per heavy atom. The second-order valence-corrected chi connectivity index (χ2v) is 8.96. The van der Waals surface area contributed by atoms with Crippen molar-refractivity contribution in [1.29, 1.82) is 0 Å². The normalized spacial score (nSPS) is 11.0. The number of alkyl halides is 2. The molecule has 0 saturated carbocycles. The Kier molecular flexibility index (Phi) is 6.95. The van der Waals surface area contributed by atoms with E-state index < -0.39 is 21.7 Å². The second kappa shape index (κ2) is 9.64. The van der Waals surface area contributed by atoms with Crippen LogP contribution in [0.5, 0.6) is 0 Å². The van der Waals surface area contributed by atoms with E-state index in [0.717, 1.165) is 0 Å². The number of benzene rings is 3. The number of hydrogen-bond donors (Lipinski definition) is 2. The average Bonchev–Trinajstić information content (AvgIpc) is 2.75. The molecule has 9 heteroatoms. The molecule has 31 heavy (non-hydrogen) atoms. The van der Waals surface area contributed by atoms with Gasteiger partial charge in [-0.1, -0.05) is 29.8 Å². The van der Waals surface area contributed by atoms with Gasteiger partial charge in [-0.05, 0) is 60.7 Å². The summed E-state index contributed by atoms with van der Waals surface area (Å²) in [6, 6.07) is 17.8. The Bertz CT molecular complexity index is 1240. The Morgan fingerprint density at radius 1 is 0.968 bits per heavy atom. The van der Waals surface area contributed by atoms with Crippen LogP contribution in [0.3, 0.4) is 0 Å². The maximum atomic E-state index is 12.7. The number of amides is 1. The zero-order chi connectivity index (χ0) is 22.4. The zero-order valence-electron chi connectivity index (χ0n) is 15.9. The zero-order valence-corrected chi connectivity index (χ0v) is 17.5. The molecule has 1 amide bonds. The molecule has 0 aromatic heterocycles. The predicted molar refractivity (Wildman–Crippen MR) is 118 cm³/mol. The summed E-state index contributed by atoms with van der Waals surface area (Å²) in [5.41, 5.74) is 1.42. The fourth-order valence-corrected chi connectivity index (χ4v) is 4.22. The summed E-state index contributed by atoms with van der Waals surface area (Å²) >= 11 is 0.364. The highest BCUT2D eigenvalue weighted by Crippen LogP contribution is 2.27. The van der Waals surface area contributed by atoms with Crippen LogP contribution in [-0.2, 0) is 10.0 Å². The van der Waals surface area contributed by atoms with Crippen molar-refractivity contribution in [3.05, 3.63) is 83.9 Å². The van der Waals surface area contributed by atoms with E-state index >= 15 is 0 Å². The number of sulfonamides is 1. The van der Waals surface area contributed by atoms with Crippen LogP contribution in [0.1, 0.15) is 15.9 Å². The number of nitrogens with one attached hydrogen (secondary N) is 2. The van der Waals surface area contributed by atoms with Crippen molar-refractivity contribution in [1.82, 2.24) is 0 Å². The lowest BCUT2D eigenvalue weighted by atomic mass is 10.2. The number of halogens is 2. The number of thioether (sulfide) groups is 1. The molecule has 158 valence electrons. The van der Waals surface area contributed by atoms with Crippen LogP contribution in [0.2, 0.25) is 0 Å². The largest absolute Gasteiger partial charge is 0.322 e. The molecule has 0 radical (unpaired) electrons. The summed E-state index contributed by atoms with van der Waals surface area (Å²) in [5.74, 6) is -0.597. The third-order valence-electron chi connectivity index (χ3n) is 4.03. The van der Waals surface area contributed by atoms with Crippen molar-refractivity contribution in [2.24, 2.45) is 0 Å². The third-order valence-corrected chi connectivity index (χ3v) is 6.13. The molecule has 0 aliphatic carbocycles. The molecule has 0 fully saturated rings. The van der Waals surface area contributed by atoms with Gasteiger partial charge in [0.1, 0.15) is 0 Å². The maximum absolute atomic E-state index is 12.7. The van der Waals surface area contributed by atoms with Crippen LogP contribution in [0.15, 0.2) is 82.6 Å². The summed E-state index contributed by atoms with van der Waals surface area (Å²) in [6.07, 6.45) is 5.35. The minimum Gasteiger partial charge on any atom is -0.322 e. The van der Waals surface area contributed by atoms with Gasteiger partial charge < -0.3 is 5.32 Å². The van der Waals surface area contributed by atoms with Crippen LogP contribution in [0.4, 0.5) is 20.2 Å². The second-order valence-electron chi connectivity index (χ2n) is 6.22. The highest BCUT2D eigenvalue weighted by molar-refractivity contribution is 7.99. The van der Waals surface area contributed by atoms with E-state index in [1.165, 1.54) is 48.5 Å². The molecule has 5 nitrogen and oxygen atoms in total. The van der Waals surface area contributed by atoms with Gasteiger partial charge >= 0.3 is 0 Å². The molecular weight excluding hydrogens is 442 g/mol. The van der Waals surface area contributed by atoms with Crippen LogP contribution in [0, 0.1) is 12.3 Å². The molecule has 0 aliphatic rings. The fraction of sp³-hybridized carbons (Fsp3) is 0.0455. The number of terminal acetylenes is 1. The topological polar surface area (TPSA) is 75.3 Å². The van der Waals surface area contributed by atoms with Gasteiger partial charge in [0.15, 0.2) is 0 Å².